The maximum Gasteiger partial charge on any atom is 0.248 e. The lowest BCUT2D eigenvalue weighted by atomic mass is 9.93. The molecule has 37 heteroatoms. The third-order valence-electron chi connectivity index (χ3n) is 21.6. The minimum absolute atomic E-state index is 0.0109. The molecule has 18 N–H and O–H groups in total. The van der Waals surface area contributed by atoms with Crippen molar-refractivity contribution in [1.82, 2.24) is 83.8 Å². The monoisotopic (exact) mass is 1670 g/mol. The van der Waals surface area contributed by atoms with Gasteiger partial charge in [0.1, 0.15) is 80.6 Å². The number of aliphatic hydroxyl groups is 3. The van der Waals surface area contributed by atoms with Crippen molar-refractivity contribution in [2.24, 2.45) is 11.7 Å². The minimum atomic E-state index is -1.91. The predicted molar refractivity (Wildman–Crippen MR) is 436 cm³/mol. The van der Waals surface area contributed by atoms with E-state index in [1.165, 1.54) is 109 Å². The number of β-amino-alcohol motifs (C(OH)–C–C–N with tert-alkyl or cyclic N) is 2. The molecule has 0 aliphatic carbocycles. The van der Waals surface area contributed by atoms with Gasteiger partial charge in [0.15, 0.2) is 0 Å². The molecule has 3 saturated heterocycles. The normalized spacial score (nSPS) is 19.1. The zero-order valence-electron chi connectivity index (χ0n) is 72.1. The van der Waals surface area contributed by atoms with Crippen LogP contribution in [0.3, 0.4) is 0 Å². The van der Waals surface area contributed by atoms with Crippen molar-refractivity contribution in [2.75, 3.05) is 32.8 Å². The van der Waals surface area contributed by atoms with Crippen LogP contribution < -0.4 is 74.9 Å². The Morgan fingerprint density at radius 3 is 1.38 bits per heavy atom. The van der Waals surface area contributed by atoms with E-state index >= 15 is 0 Å². The Kier molecular flexibility index (Phi) is 33.9. The van der Waals surface area contributed by atoms with Crippen molar-refractivity contribution in [3.8, 4) is 0 Å². The first-order valence-electron chi connectivity index (χ1n) is 40.3. The number of carbonyl (C=O) groups is 17. The first kappa shape index (κ1) is 98.9. The summed E-state index contributed by atoms with van der Waals surface area (Å²) in [7, 11) is 0. The van der Waals surface area contributed by atoms with E-state index in [1.54, 1.807) is 58.0 Å². The summed E-state index contributed by atoms with van der Waals surface area (Å²) >= 11 is 0. The molecule has 0 bridgehead atoms. The number of aliphatic hydroxyl groups excluding tert-OH is 3. The average Bonchev–Trinajstić information content (AvgIpc) is 1.66. The maximum absolute atomic E-state index is 14.8. The smallest absolute Gasteiger partial charge is 0.248 e. The van der Waals surface area contributed by atoms with Gasteiger partial charge in [-0.3, -0.25) is 81.5 Å². The van der Waals surface area contributed by atoms with Crippen LogP contribution in [-0.2, 0) is 94.3 Å². The summed E-state index contributed by atoms with van der Waals surface area (Å²) in [6.45, 7) is 25.2. The summed E-state index contributed by atoms with van der Waals surface area (Å²) in [5.74, 6) is -14.0. The van der Waals surface area contributed by atoms with Crippen LogP contribution >= 0.6 is 0 Å². The fourth-order valence-electron chi connectivity index (χ4n) is 13.9. The van der Waals surface area contributed by atoms with Gasteiger partial charge in [-0.1, -0.05) is 88.4 Å². The molecular weight excluding hydrogens is 1540 g/mol. The Bertz CT molecular complexity index is 4080. The molecule has 11 atom stereocenters. The second-order valence-corrected chi connectivity index (χ2v) is 35.3. The molecular formula is C82H127N17O20. The number of rotatable bonds is 40. The second kappa shape index (κ2) is 40.8. The van der Waals surface area contributed by atoms with E-state index in [1.807, 2.05) is 30.3 Å². The van der Waals surface area contributed by atoms with Gasteiger partial charge in [0.25, 0.3) is 0 Å². The number of primary amides is 1. The standard InChI is InChI=1S/C82H127N17O20/c1-20-81(18,91-63(108)54(37-46(3)4)87-60(105)42-84-67(112)75(6,7)93-69(114)77(10,11)95-70(115)78(12,13)94-68(113)76(8,9)89-62(107)55(85-47(5)101)39-49-31-26-23-27-32-49)71(116)96-80(16,17)73(118)98-43-51(102)40-57(98)65(110)88-53(34-35-59(83)104)61(106)92-82(19,21-2)74(119)99-44-52(103)41-58(99)66(111)90-79(14,15)72(117)97-36-28-33-56(97)64(109)86-50(45-100)38-48-29-24-22-25-30-48/h22-27,29-32,46,50-58,100,102-103H,20-21,28,33-45H2,1-19H3,(H2,83,104)(H,84,112)(H,85,101)(H,86,109)(H,87,105)(H,88,110)(H,89,107)(H,90,111)(H,91,108)(H,92,106)(H,93,114)(H,94,113)(H,95,115)(H,96,116)/t50?,51?,52?,53-,54-,55-,56-,57-,58-,81-,82-/m0/s1. The van der Waals surface area contributed by atoms with E-state index in [9.17, 15) is 96.8 Å². The van der Waals surface area contributed by atoms with Crippen LogP contribution in [0.1, 0.15) is 200 Å². The van der Waals surface area contributed by atoms with E-state index in [2.05, 4.69) is 69.1 Å². The fraction of sp³-hybridized carbons (Fsp3) is 0.646. The number of likely N-dealkylation sites (tertiary alicyclic amines) is 3. The van der Waals surface area contributed by atoms with Gasteiger partial charge in [-0.2, -0.15) is 0 Å². The first-order valence-corrected chi connectivity index (χ1v) is 40.3. The number of benzene rings is 2. The molecule has 37 nitrogen and oxygen atoms in total. The minimum Gasteiger partial charge on any atom is -0.394 e. The number of nitrogens with zero attached hydrogens (tertiary/aromatic N) is 3. The first-order chi connectivity index (χ1) is 55.0. The molecule has 660 valence electrons. The van der Waals surface area contributed by atoms with Crippen molar-refractivity contribution < 1.29 is 96.8 Å². The molecule has 0 spiro atoms. The van der Waals surface area contributed by atoms with Gasteiger partial charge >= 0.3 is 0 Å². The molecule has 17 amide bonds. The SMILES string of the molecule is CC[C@](C)(NC(=O)[C@H](CC(C)C)NC(=O)CNC(=O)C(C)(C)NC(=O)C(C)(C)NC(=O)C(C)(C)NC(=O)C(C)(C)NC(=O)[C@H](Cc1ccccc1)NC(C)=O)C(=O)NC(C)(C)C(=O)N1CC(O)C[C@H]1C(=O)N[C@@H](CCC(N)=O)C(=O)N[C@@](C)(CC)C(=O)N1CC(O)C[C@H]1C(=O)NC(C)(C)C(=O)N1CCC[C@H]1C(=O)NC(CO)Cc1ccccc1. The summed E-state index contributed by atoms with van der Waals surface area (Å²) in [5.41, 5.74) is -6.99. The van der Waals surface area contributed by atoms with E-state index in [4.69, 9.17) is 5.73 Å². The molecule has 3 heterocycles. The zero-order chi connectivity index (χ0) is 90.1. The van der Waals surface area contributed by atoms with Gasteiger partial charge in [-0.05, 0) is 159 Å². The number of amides is 17. The largest absolute Gasteiger partial charge is 0.394 e. The lowest BCUT2D eigenvalue weighted by molar-refractivity contribution is -0.149. The van der Waals surface area contributed by atoms with Crippen molar-refractivity contribution in [1.29, 1.82) is 0 Å². The van der Waals surface area contributed by atoms with Crippen molar-refractivity contribution in [3.63, 3.8) is 0 Å². The zero-order valence-corrected chi connectivity index (χ0v) is 72.1. The third-order valence-corrected chi connectivity index (χ3v) is 21.6. The molecule has 0 saturated carbocycles. The van der Waals surface area contributed by atoms with Crippen LogP contribution in [0.2, 0.25) is 0 Å². The Morgan fingerprint density at radius 2 is 0.891 bits per heavy atom. The fourth-order valence-corrected chi connectivity index (χ4v) is 13.9. The van der Waals surface area contributed by atoms with Crippen molar-refractivity contribution >= 4 is 100 Å². The Hall–Kier alpha value is -10.7. The highest BCUT2D eigenvalue weighted by atomic mass is 16.3. The van der Waals surface area contributed by atoms with Gasteiger partial charge in [0.05, 0.1) is 31.4 Å². The molecule has 0 aromatic heterocycles. The molecule has 2 aromatic rings. The molecule has 2 aromatic carbocycles. The summed E-state index contributed by atoms with van der Waals surface area (Å²) < 4.78 is 0. The lowest BCUT2D eigenvalue weighted by Gasteiger charge is -2.38. The number of hydrogen-bond donors (Lipinski definition) is 17. The van der Waals surface area contributed by atoms with Gasteiger partial charge < -0.3 is 105 Å². The van der Waals surface area contributed by atoms with E-state index in [0.29, 0.717) is 19.3 Å². The summed E-state index contributed by atoms with van der Waals surface area (Å²) in [6, 6.07) is 9.58. The molecule has 3 aliphatic rings. The molecule has 3 unspecified atom stereocenters. The van der Waals surface area contributed by atoms with Crippen molar-refractivity contribution in [2.45, 2.75) is 301 Å². The van der Waals surface area contributed by atoms with Crippen LogP contribution in [0.15, 0.2) is 60.7 Å². The quantitative estimate of drug-likeness (QED) is 0.0334. The van der Waals surface area contributed by atoms with Crippen molar-refractivity contribution in [3.05, 3.63) is 71.8 Å². The van der Waals surface area contributed by atoms with E-state index in [0.717, 1.165) is 20.9 Å². The van der Waals surface area contributed by atoms with E-state index < -0.39 is 225 Å². The van der Waals surface area contributed by atoms with Gasteiger partial charge in [0, 0.05) is 52.2 Å². The molecule has 3 aliphatic heterocycles. The number of nitrogens with one attached hydrogen (secondary N) is 13. The van der Waals surface area contributed by atoms with Crippen LogP contribution in [-0.4, -0.2) is 262 Å². The van der Waals surface area contributed by atoms with Crippen LogP contribution in [0.5, 0.6) is 0 Å². The Balaban J connectivity index is 1.19. The van der Waals surface area contributed by atoms with Gasteiger partial charge in [0.2, 0.25) is 100 Å². The van der Waals surface area contributed by atoms with Gasteiger partial charge in [-0.25, -0.2) is 0 Å². The summed E-state index contributed by atoms with van der Waals surface area (Å²) in [5, 5.41) is 66.3. The highest BCUT2D eigenvalue weighted by molar-refractivity contribution is 6.04. The predicted octanol–water partition coefficient (Wildman–Crippen LogP) is -2.30. The topological polar surface area (TPSA) is 543 Å². The highest BCUT2D eigenvalue weighted by Crippen LogP contribution is 2.29. The molecule has 0 radical (unpaired) electrons. The number of carbonyl (C=O) groups excluding carboxylic acids is 17. The van der Waals surface area contributed by atoms with Crippen LogP contribution in [0.25, 0.3) is 0 Å². The average molecular weight is 1670 g/mol. The highest BCUT2D eigenvalue weighted by Gasteiger charge is 2.52. The third kappa shape index (κ3) is 27.2. The number of hydrogen-bond acceptors (Lipinski definition) is 20. The van der Waals surface area contributed by atoms with Gasteiger partial charge in [-0.15, -0.1) is 0 Å². The second-order valence-electron chi connectivity index (χ2n) is 35.3. The van der Waals surface area contributed by atoms with Crippen LogP contribution in [0.4, 0.5) is 0 Å². The molecule has 119 heavy (non-hydrogen) atoms. The maximum atomic E-state index is 14.8. The Labute approximate surface area is 695 Å². The molecule has 5 rings (SSSR count). The summed E-state index contributed by atoms with van der Waals surface area (Å²) in [6.07, 6.45) is -3.16. The van der Waals surface area contributed by atoms with Crippen LogP contribution in [0, 0.1) is 5.92 Å². The molecule has 3 fully saturated rings. The van der Waals surface area contributed by atoms with E-state index in [-0.39, 0.29) is 64.1 Å². The number of nitrogens with two attached hydrogens (primary N) is 1. The summed E-state index contributed by atoms with van der Waals surface area (Å²) in [4.78, 5) is 240. The Morgan fingerprint density at radius 1 is 0.462 bits per heavy atom. The lowest BCUT2D eigenvalue weighted by Crippen LogP contribution is -2.68.